The molecule has 2 aliphatic heterocycles. The Hall–Kier alpha value is -3.23. The minimum Gasteiger partial charge on any atom is -0.353 e. The number of hydrogen-bond donors (Lipinski definition) is 1. The molecular weight excluding hydrogens is 444 g/mol. The van der Waals surface area contributed by atoms with Crippen LogP contribution in [-0.2, 0) is 9.53 Å². The van der Waals surface area contributed by atoms with Crippen molar-refractivity contribution >= 4 is 17.7 Å². The summed E-state index contributed by atoms with van der Waals surface area (Å²) >= 11 is 0. The van der Waals surface area contributed by atoms with E-state index in [1.807, 2.05) is 68.4 Å². The van der Waals surface area contributed by atoms with Gasteiger partial charge in [0.25, 0.3) is 11.8 Å². The first-order valence-corrected chi connectivity index (χ1v) is 12.1. The number of carbonyl (C=O) groups excluding carboxylic acids is 3. The van der Waals surface area contributed by atoms with Crippen LogP contribution < -0.4 is 5.32 Å². The summed E-state index contributed by atoms with van der Waals surface area (Å²) in [6.45, 7) is 4.18. The van der Waals surface area contributed by atoms with Crippen molar-refractivity contribution in [2.75, 3.05) is 46.9 Å². The van der Waals surface area contributed by atoms with Crippen molar-refractivity contribution in [2.45, 2.75) is 31.5 Å². The number of rotatable bonds is 6. The molecule has 2 aromatic carbocycles. The van der Waals surface area contributed by atoms with Gasteiger partial charge in [0.05, 0.1) is 6.61 Å². The number of piperidine rings is 1. The molecule has 2 saturated heterocycles. The Morgan fingerprint density at radius 1 is 1.00 bits per heavy atom. The minimum atomic E-state index is -0.917. The van der Waals surface area contributed by atoms with Gasteiger partial charge in [0.2, 0.25) is 5.91 Å². The molecule has 0 radical (unpaired) electrons. The van der Waals surface area contributed by atoms with E-state index in [-0.39, 0.29) is 24.3 Å². The predicted octanol–water partition coefficient (Wildman–Crippen LogP) is 2.15. The van der Waals surface area contributed by atoms with E-state index in [2.05, 4.69) is 5.32 Å². The Morgan fingerprint density at radius 2 is 1.69 bits per heavy atom. The van der Waals surface area contributed by atoms with E-state index in [0.29, 0.717) is 50.1 Å². The summed E-state index contributed by atoms with van der Waals surface area (Å²) in [7, 11) is 3.88. The van der Waals surface area contributed by atoms with E-state index in [4.69, 9.17) is 4.74 Å². The van der Waals surface area contributed by atoms with Crippen molar-refractivity contribution in [3.63, 3.8) is 0 Å². The monoisotopic (exact) mass is 478 g/mol. The molecule has 1 spiro atoms. The third-order valence-corrected chi connectivity index (χ3v) is 6.76. The van der Waals surface area contributed by atoms with Gasteiger partial charge < -0.3 is 19.9 Å². The normalized spacial score (nSPS) is 19.3. The van der Waals surface area contributed by atoms with Gasteiger partial charge in [0, 0.05) is 50.1 Å². The zero-order valence-electron chi connectivity index (χ0n) is 20.7. The number of nitrogens with zero attached hydrogens (tertiary/aromatic N) is 3. The van der Waals surface area contributed by atoms with Crippen LogP contribution in [-0.4, -0.2) is 91.1 Å². The number of aryl methyl sites for hydroxylation is 1. The fourth-order valence-electron chi connectivity index (χ4n) is 4.83. The molecule has 8 nitrogen and oxygen atoms in total. The Kier molecular flexibility index (Phi) is 7.52. The van der Waals surface area contributed by atoms with Gasteiger partial charge in [-0.25, -0.2) is 0 Å². The van der Waals surface area contributed by atoms with E-state index < -0.39 is 11.8 Å². The van der Waals surface area contributed by atoms with E-state index in [0.717, 1.165) is 5.56 Å². The smallest absolute Gasteiger partial charge is 0.256 e. The minimum absolute atomic E-state index is 0.0274. The third kappa shape index (κ3) is 5.39. The van der Waals surface area contributed by atoms with Crippen molar-refractivity contribution in [3.05, 3.63) is 71.3 Å². The van der Waals surface area contributed by atoms with Crippen LogP contribution in [0.15, 0.2) is 54.6 Å². The van der Waals surface area contributed by atoms with Gasteiger partial charge in [0.1, 0.15) is 11.8 Å². The molecule has 3 amide bonds. The summed E-state index contributed by atoms with van der Waals surface area (Å²) < 4.78 is 6.25. The zero-order chi connectivity index (χ0) is 25.0. The average Bonchev–Trinajstić information content (AvgIpc) is 3.22. The van der Waals surface area contributed by atoms with Gasteiger partial charge in [-0.1, -0.05) is 35.9 Å². The van der Waals surface area contributed by atoms with Crippen LogP contribution in [0.3, 0.4) is 0 Å². The van der Waals surface area contributed by atoms with Crippen molar-refractivity contribution in [3.8, 4) is 0 Å². The molecular formula is C27H34N4O4. The number of nitrogens with one attached hydrogen (secondary N) is 1. The fourth-order valence-corrected chi connectivity index (χ4v) is 4.83. The second-order valence-electron chi connectivity index (χ2n) is 9.57. The van der Waals surface area contributed by atoms with Crippen LogP contribution >= 0.6 is 0 Å². The molecule has 2 heterocycles. The Morgan fingerprint density at radius 3 is 2.34 bits per heavy atom. The number of ether oxygens (including phenoxy) is 1. The van der Waals surface area contributed by atoms with E-state index >= 15 is 0 Å². The fraction of sp³-hybridized carbons (Fsp3) is 0.444. The van der Waals surface area contributed by atoms with Crippen LogP contribution in [0.4, 0.5) is 0 Å². The summed E-state index contributed by atoms with van der Waals surface area (Å²) in [5.74, 6) is -0.471. The molecule has 2 aromatic rings. The van der Waals surface area contributed by atoms with Gasteiger partial charge in [-0.15, -0.1) is 0 Å². The number of likely N-dealkylation sites (tertiary alicyclic amines) is 1. The molecule has 8 heteroatoms. The molecule has 0 bridgehead atoms. The van der Waals surface area contributed by atoms with Crippen LogP contribution in [0.2, 0.25) is 0 Å². The Balaban J connectivity index is 1.53. The summed E-state index contributed by atoms with van der Waals surface area (Å²) in [5, 5.41) is 2.95. The molecule has 4 rings (SSSR count). The SMILES string of the molecule is Cc1cccc(C(=O)N2CCC3(CC2)OCC(C(=O)NCCN(C)C)N3C(=O)c2ccccc2)c1. The maximum Gasteiger partial charge on any atom is 0.256 e. The topological polar surface area (TPSA) is 82.2 Å². The molecule has 2 fully saturated rings. The second kappa shape index (κ2) is 10.6. The van der Waals surface area contributed by atoms with Gasteiger partial charge in [-0.2, -0.15) is 0 Å². The standard InChI is InChI=1S/C27H34N4O4/c1-20-8-7-11-22(18-20)25(33)30-15-12-27(13-16-30)31(26(34)21-9-5-4-6-10-21)23(19-35-27)24(32)28-14-17-29(2)3/h4-11,18,23H,12-17,19H2,1-3H3,(H,28,32). The number of benzene rings is 2. The van der Waals surface area contributed by atoms with Gasteiger partial charge in [0.15, 0.2) is 0 Å². The van der Waals surface area contributed by atoms with Crippen molar-refractivity contribution in [1.82, 2.24) is 20.0 Å². The van der Waals surface area contributed by atoms with Crippen molar-refractivity contribution in [2.24, 2.45) is 0 Å². The van der Waals surface area contributed by atoms with Crippen LogP contribution in [0.1, 0.15) is 39.1 Å². The van der Waals surface area contributed by atoms with Gasteiger partial charge in [-0.05, 0) is 45.3 Å². The zero-order valence-corrected chi connectivity index (χ0v) is 20.7. The maximum absolute atomic E-state index is 13.7. The third-order valence-electron chi connectivity index (χ3n) is 6.76. The van der Waals surface area contributed by atoms with Crippen LogP contribution in [0.5, 0.6) is 0 Å². The van der Waals surface area contributed by atoms with Gasteiger partial charge in [-0.3, -0.25) is 19.3 Å². The van der Waals surface area contributed by atoms with Gasteiger partial charge >= 0.3 is 0 Å². The summed E-state index contributed by atoms with van der Waals surface area (Å²) in [5.41, 5.74) is 1.29. The summed E-state index contributed by atoms with van der Waals surface area (Å²) in [6.07, 6.45) is 0.898. The van der Waals surface area contributed by atoms with Crippen molar-refractivity contribution < 1.29 is 19.1 Å². The lowest BCUT2D eigenvalue weighted by molar-refractivity contribution is -0.128. The van der Waals surface area contributed by atoms with E-state index in [1.54, 1.807) is 21.9 Å². The highest BCUT2D eigenvalue weighted by atomic mass is 16.5. The molecule has 0 saturated carbocycles. The highest BCUT2D eigenvalue weighted by molar-refractivity contribution is 5.98. The average molecular weight is 479 g/mol. The lowest BCUT2D eigenvalue weighted by atomic mass is 9.96. The lowest BCUT2D eigenvalue weighted by Gasteiger charge is -2.44. The molecule has 1 unspecified atom stereocenters. The molecule has 1 atom stereocenters. The molecule has 2 aliphatic rings. The summed E-state index contributed by atoms with van der Waals surface area (Å²) in [4.78, 5) is 45.3. The number of amides is 3. The first-order valence-electron chi connectivity index (χ1n) is 12.1. The molecule has 186 valence electrons. The van der Waals surface area contributed by atoms with Crippen LogP contribution in [0, 0.1) is 6.92 Å². The predicted molar refractivity (Wildman–Crippen MR) is 133 cm³/mol. The maximum atomic E-state index is 13.7. The Bertz CT molecular complexity index is 1060. The summed E-state index contributed by atoms with van der Waals surface area (Å²) in [6, 6.07) is 15.8. The number of carbonyl (C=O) groups is 3. The highest BCUT2D eigenvalue weighted by Gasteiger charge is 2.54. The van der Waals surface area contributed by atoms with E-state index in [1.165, 1.54) is 0 Å². The first-order chi connectivity index (χ1) is 16.8. The lowest BCUT2D eigenvalue weighted by Crippen LogP contribution is -2.60. The molecule has 0 aromatic heterocycles. The molecule has 1 N–H and O–H groups in total. The quantitative estimate of drug-likeness (QED) is 0.688. The second-order valence-corrected chi connectivity index (χ2v) is 9.57. The van der Waals surface area contributed by atoms with Crippen molar-refractivity contribution in [1.29, 1.82) is 0 Å². The molecule has 0 aliphatic carbocycles. The largest absolute Gasteiger partial charge is 0.353 e. The first kappa shape index (κ1) is 24.9. The number of likely N-dealkylation sites (N-methyl/N-ethyl adjacent to an activating group) is 1. The Labute approximate surface area is 206 Å². The van der Waals surface area contributed by atoms with E-state index in [9.17, 15) is 14.4 Å². The highest BCUT2D eigenvalue weighted by Crippen LogP contribution is 2.38. The number of hydrogen-bond acceptors (Lipinski definition) is 5. The molecule has 35 heavy (non-hydrogen) atoms. The van der Waals surface area contributed by atoms with Crippen LogP contribution in [0.25, 0.3) is 0 Å².